The lowest BCUT2D eigenvalue weighted by Crippen LogP contribution is -2.49. The topological polar surface area (TPSA) is 103 Å². The van der Waals surface area contributed by atoms with E-state index in [0.717, 1.165) is 5.56 Å². The first-order valence-corrected chi connectivity index (χ1v) is 15.4. The third-order valence-electron chi connectivity index (χ3n) is 6.31. The van der Waals surface area contributed by atoms with Gasteiger partial charge >= 0.3 is 13.1 Å². The maximum atomic E-state index is 13.4. The third kappa shape index (κ3) is 7.69. The van der Waals surface area contributed by atoms with Crippen LogP contribution in [-0.2, 0) is 23.3 Å². The summed E-state index contributed by atoms with van der Waals surface area (Å²) in [4.78, 5) is 16.3. The predicted molar refractivity (Wildman–Crippen MR) is 141 cm³/mol. The zero-order chi connectivity index (χ0) is 26.7. The molecule has 2 rings (SSSR count). The summed E-state index contributed by atoms with van der Waals surface area (Å²) in [5.74, 6) is 1.01. The van der Waals surface area contributed by atoms with Crippen LogP contribution in [-0.4, -0.2) is 44.3 Å². The summed E-state index contributed by atoms with van der Waals surface area (Å²) in [6.45, 7) is 19.5. The number of ether oxygens (including phenoxy) is 1. The van der Waals surface area contributed by atoms with Crippen molar-refractivity contribution in [3.63, 3.8) is 0 Å². The number of hydrogen-bond donors (Lipinski definition) is 0. The Bertz CT molecular complexity index is 940. The Morgan fingerprint density at radius 3 is 2.17 bits per heavy atom. The first kappa shape index (κ1) is 29.1. The fourth-order valence-corrected chi connectivity index (χ4v) is 5.70. The molecule has 0 aromatic heterocycles. The van der Waals surface area contributed by atoms with Gasteiger partial charge in [-0.1, -0.05) is 54.4 Å². The van der Waals surface area contributed by atoms with Gasteiger partial charge in [-0.05, 0) is 72.3 Å². The van der Waals surface area contributed by atoms with Crippen LogP contribution in [0.3, 0.4) is 0 Å². The summed E-state index contributed by atoms with van der Waals surface area (Å²) >= 11 is 0. The standard InChI is InChI=1S/C25H40BN3O5Si/c1-18(16-17-26-32-24(4,5)25(6,7)33-26)20(19-14-12-11-13-15-19)31-22(30)21(28-29-27)23(2,3)34-35(8,9)10/h11-18,20-21H,1-10H3/b17-16+/t18-,20+,21-/m1/s1. The van der Waals surface area contributed by atoms with Gasteiger partial charge in [0.1, 0.15) is 6.10 Å². The lowest BCUT2D eigenvalue weighted by atomic mass is 9.86. The number of rotatable bonds is 10. The average molecular weight is 502 g/mol. The molecule has 0 aliphatic carbocycles. The van der Waals surface area contributed by atoms with Crippen molar-refractivity contribution in [2.24, 2.45) is 11.0 Å². The number of hydrogen-bond acceptors (Lipinski definition) is 6. The van der Waals surface area contributed by atoms with Crippen LogP contribution in [0.5, 0.6) is 0 Å². The van der Waals surface area contributed by atoms with Crippen LogP contribution < -0.4 is 0 Å². The van der Waals surface area contributed by atoms with Crippen molar-refractivity contribution in [3.8, 4) is 0 Å². The summed E-state index contributed by atoms with van der Waals surface area (Å²) in [6, 6.07) is 8.37. The van der Waals surface area contributed by atoms with Crippen LogP contribution in [0, 0.1) is 5.92 Å². The Hall–Kier alpha value is -2.10. The van der Waals surface area contributed by atoms with Crippen LogP contribution in [0.4, 0.5) is 0 Å². The predicted octanol–water partition coefficient (Wildman–Crippen LogP) is 6.40. The van der Waals surface area contributed by atoms with Crippen LogP contribution in [0.25, 0.3) is 10.4 Å². The van der Waals surface area contributed by atoms with E-state index in [-0.39, 0.29) is 5.92 Å². The van der Waals surface area contributed by atoms with Gasteiger partial charge in [0.2, 0.25) is 0 Å². The minimum atomic E-state index is -2.04. The Morgan fingerprint density at radius 1 is 1.14 bits per heavy atom. The monoisotopic (exact) mass is 501 g/mol. The molecule has 0 spiro atoms. The van der Waals surface area contributed by atoms with Gasteiger partial charge in [-0.25, -0.2) is 0 Å². The van der Waals surface area contributed by atoms with Gasteiger partial charge in [0.15, 0.2) is 14.4 Å². The van der Waals surface area contributed by atoms with E-state index in [0.29, 0.717) is 0 Å². The molecule has 0 bridgehead atoms. The summed E-state index contributed by atoms with van der Waals surface area (Å²) < 4.78 is 24.3. The van der Waals surface area contributed by atoms with E-state index in [9.17, 15) is 4.79 Å². The Kier molecular flexibility index (Phi) is 9.06. The highest BCUT2D eigenvalue weighted by molar-refractivity contribution is 6.69. The van der Waals surface area contributed by atoms with Gasteiger partial charge in [-0.2, -0.15) is 0 Å². The van der Waals surface area contributed by atoms with Crippen LogP contribution >= 0.6 is 0 Å². The van der Waals surface area contributed by atoms with Crippen molar-refractivity contribution in [1.82, 2.24) is 0 Å². The van der Waals surface area contributed by atoms with Crippen molar-refractivity contribution in [2.45, 2.75) is 97.1 Å². The first-order valence-electron chi connectivity index (χ1n) is 12.0. The second kappa shape index (κ2) is 10.9. The third-order valence-corrected chi connectivity index (χ3v) is 7.45. The van der Waals surface area contributed by atoms with Crippen LogP contribution in [0.2, 0.25) is 19.6 Å². The number of carbonyl (C=O) groups excluding carboxylic acids is 1. The fourth-order valence-electron chi connectivity index (χ4n) is 4.01. The molecule has 0 amide bonds. The molecule has 10 heteroatoms. The number of azide groups is 1. The molecule has 1 fully saturated rings. The van der Waals surface area contributed by atoms with E-state index in [4.69, 9.17) is 24.0 Å². The number of carbonyl (C=O) groups is 1. The SMILES string of the molecule is C[C@H](/C=C/B1OC(C)(C)C(C)(C)O1)[C@H](OC(=O)[C@@H](N=[N+]=[N-])C(C)(C)O[Si](C)(C)C)c1ccccc1. The highest BCUT2D eigenvalue weighted by atomic mass is 28.4. The van der Waals surface area contributed by atoms with Gasteiger partial charge in [-0.3, -0.25) is 4.79 Å². The lowest BCUT2D eigenvalue weighted by molar-refractivity contribution is -0.157. The number of nitrogens with zero attached hydrogens (tertiary/aromatic N) is 3. The van der Waals surface area contributed by atoms with Crippen molar-refractivity contribution in [1.29, 1.82) is 0 Å². The average Bonchev–Trinajstić information content (AvgIpc) is 2.93. The molecule has 1 heterocycles. The highest BCUT2D eigenvalue weighted by Gasteiger charge is 2.50. The normalized spacial score (nSPS) is 20.2. The Balaban J connectivity index is 2.29. The first-order chi connectivity index (χ1) is 16.0. The molecule has 1 aliphatic heterocycles. The Morgan fingerprint density at radius 2 is 1.69 bits per heavy atom. The van der Waals surface area contributed by atoms with Crippen molar-refractivity contribution in [2.75, 3.05) is 0 Å². The van der Waals surface area contributed by atoms with E-state index in [1.54, 1.807) is 13.8 Å². The van der Waals surface area contributed by atoms with Crippen molar-refractivity contribution >= 4 is 21.4 Å². The van der Waals surface area contributed by atoms with Gasteiger partial charge < -0.3 is 18.5 Å². The quantitative estimate of drug-likeness (QED) is 0.121. The van der Waals surface area contributed by atoms with Gasteiger partial charge in [0, 0.05) is 10.8 Å². The highest BCUT2D eigenvalue weighted by Crippen LogP contribution is 2.37. The lowest BCUT2D eigenvalue weighted by Gasteiger charge is -2.37. The molecule has 3 atom stereocenters. The zero-order valence-electron chi connectivity index (χ0n) is 22.7. The molecule has 35 heavy (non-hydrogen) atoms. The largest absolute Gasteiger partial charge is 0.486 e. The minimum Gasteiger partial charge on any atom is -0.456 e. The molecule has 1 aromatic carbocycles. The molecule has 1 aromatic rings. The molecule has 1 aliphatic rings. The van der Waals surface area contributed by atoms with Crippen LogP contribution in [0.1, 0.15) is 60.1 Å². The maximum Gasteiger partial charge on any atom is 0.486 e. The summed E-state index contributed by atoms with van der Waals surface area (Å²) in [5.41, 5.74) is 8.09. The zero-order valence-corrected chi connectivity index (χ0v) is 23.7. The molecule has 8 nitrogen and oxygen atoms in total. The fraction of sp³-hybridized carbons (Fsp3) is 0.640. The number of esters is 1. The molecule has 1 saturated heterocycles. The van der Waals surface area contributed by atoms with Crippen LogP contribution in [0.15, 0.2) is 47.5 Å². The van der Waals surface area contributed by atoms with Crippen molar-refractivity contribution in [3.05, 3.63) is 58.4 Å². The molecule has 192 valence electrons. The van der Waals surface area contributed by atoms with E-state index in [1.807, 2.05) is 96.6 Å². The summed E-state index contributed by atoms with van der Waals surface area (Å²) in [7, 11) is -2.54. The van der Waals surface area contributed by atoms with Crippen molar-refractivity contribution < 1.29 is 23.3 Å². The van der Waals surface area contributed by atoms with E-state index in [2.05, 4.69) is 10.0 Å². The molecular formula is C25H40BN3O5Si. The Labute approximate surface area is 211 Å². The van der Waals surface area contributed by atoms with Gasteiger partial charge in [0.05, 0.1) is 16.8 Å². The molecule has 0 unspecified atom stereocenters. The molecule has 0 radical (unpaired) electrons. The minimum absolute atomic E-state index is 0.215. The smallest absolute Gasteiger partial charge is 0.456 e. The van der Waals surface area contributed by atoms with Gasteiger partial charge in [-0.15, -0.1) is 0 Å². The van der Waals surface area contributed by atoms with E-state index < -0.39 is 50.4 Å². The molecule has 0 saturated carbocycles. The summed E-state index contributed by atoms with van der Waals surface area (Å²) in [6.07, 6.45) is 1.32. The van der Waals surface area contributed by atoms with E-state index in [1.165, 1.54) is 0 Å². The second-order valence-corrected chi connectivity index (χ2v) is 16.0. The summed E-state index contributed by atoms with van der Waals surface area (Å²) in [5, 5.41) is 3.77. The maximum absolute atomic E-state index is 13.4. The number of benzene rings is 1. The van der Waals surface area contributed by atoms with Gasteiger partial charge in [0.25, 0.3) is 0 Å². The molecular weight excluding hydrogens is 461 g/mol. The van der Waals surface area contributed by atoms with E-state index >= 15 is 0 Å². The molecule has 0 N–H and O–H groups in total. The second-order valence-electron chi connectivity index (χ2n) is 11.6.